The molecule has 1 aromatic heterocycles. The zero-order chi connectivity index (χ0) is 14.0. The number of amides is 1. The van der Waals surface area contributed by atoms with Crippen LogP contribution in [0.25, 0.3) is 0 Å². The number of rotatable bonds is 2. The molecule has 1 N–H and O–H groups in total. The number of carbonyl (C=O) groups excluding carboxylic acids is 1. The zero-order valence-corrected chi connectivity index (χ0v) is 13.3. The minimum absolute atomic E-state index is 0. The van der Waals surface area contributed by atoms with Crippen LogP contribution in [0.5, 0.6) is 0 Å². The molecule has 5 nitrogen and oxygen atoms in total. The van der Waals surface area contributed by atoms with Crippen molar-refractivity contribution >= 4 is 18.3 Å². The van der Waals surface area contributed by atoms with Gasteiger partial charge in [0.1, 0.15) is 0 Å². The van der Waals surface area contributed by atoms with Gasteiger partial charge >= 0.3 is 0 Å². The summed E-state index contributed by atoms with van der Waals surface area (Å²) in [6.07, 6.45) is 0.728. The summed E-state index contributed by atoms with van der Waals surface area (Å²) in [7, 11) is 0. The summed E-state index contributed by atoms with van der Waals surface area (Å²) in [6, 6.07) is 2.51. The lowest BCUT2D eigenvalue weighted by atomic mass is 10.1. The highest BCUT2D eigenvalue weighted by atomic mass is 35.5. The summed E-state index contributed by atoms with van der Waals surface area (Å²) >= 11 is 0. The normalized spacial score (nSPS) is 22.3. The predicted molar refractivity (Wildman–Crippen MR) is 81.4 cm³/mol. The number of aryl methyl sites for hydroxylation is 2. The fourth-order valence-corrected chi connectivity index (χ4v) is 2.62. The number of nitrogens with one attached hydrogen (secondary N) is 1. The van der Waals surface area contributed by atoms with Gasteiger partial charge in [0.25, 0.3) is 5.91 Å². The van der Waals surface area contributed by atoms with Crippen LogP contribution in [0.4, 0.5) is 0 Å². The molecule has 1 aliphatic rings. The van der Waals surface area contributed by atoms with Crippen LogP contribution in [-0.4, -0.2) is 46.2 Å². The zero-order valence-electron chi connectivity index (χ0n) is 12.5. The lowest BCUT2D eigenvalue weighted by Crippen LogP contribution is -2.56. The van der Waals surface area contributed by atoms with E-state index in [1.165, 1.54) is 0 Å². The largest absolute Gasteiger partial charge is 0.335 e. The molecule has 112 valence electrons. The number of nitrogens with zero attached hydrogens (tertiary/aromatic N) is 3. The van der Waals surface area contributed by atoms with Crippen molar-refractivity contribution < 1.29 is 4.79 Å². The molecule has 2 unspecified atom stereocenters. The Morgan fingerprint density at radius 3 is 2.50 bits per heavy atom. The van der Waals surface area contributed by atoms with Crippen molar-refractivity contribution in [2.75, 3.05) is 13.1 Å². The quantitative estimate of drug-likeness (QED) is 0.901. The van der Waals surface area contributed by atoms with E-state index in [2.05, 4.69) is 29.4 Å². The van der Waals surface area contributed by atoms with Gasteiger partial charge in [-0.1, -0.05) is 6.92 Å². The SMILES string of the molecule is CCc1nnc(C)cc1C(=O)N1CC(C)NC(C)C1.Cl. The average molecular weight is 299 g/mol. The molecule has 1 amide bonds. The molecule has 0 bridgehead atoms. The second kappa shape index (κ2) is 6.99. The molecule has 0 aliphatic carbocycles. The Morgan fingerprint density at radius 2 is 1.95 bits per heavy atom. The third-order valence-electron chi connectivity index (χ3n) is 3.40. The number of halogens is 1. The lowest BCUT2D eigenvalue weighted by molar-refractivity contribution is 0.0671. The van der Waals surface area contributed by atoms with Gasteiger partial charge in [-0.2, -0.15) is 10.2 Å². The Hall–Kier alpha value is -1.20. The highest BCUT2D eigenvalue weighted by Crippen LogP contribution is 2.14. The van der Waals surface area contributed by atoms with Crippen LogP contribution in [0.1, 0.15) is 42.5 Å². The fraction of sp³-hybridized carbons (Fsp3) is 0.643. The summed E-state index contributed by atoms with van der Waals surface area (Å²) in [6.45, 7) is 9.56. The number of piperazine rings is 1. The standard InChI is InChI=1S/C14H22N4O.ClH/c1-5-13-12(6-9(2)16-17-13)14(19)18-7-10(3)15-11(4)8-18;/h6,10-11,15H,5,7-8H2,1-4H3;1H. The van der Waals surface area contributed by atoms with E-state index in [1.54, 1.807) is 0 Å². The van der Waals surface area contributed by atoms with Crippen LogP contribution >= 0.6 is 12.4 Å². The van der Waals surface area contributed by atoms with Crippen LogP contribution in [0.15, 0.2) is 6.07 Å². The summed E-state index contributed by atoms with van der Waals surface area (Å²) in [5.74, 6) is 0.0787. The van der Waals surface area contributed by atoms with Crippen molar-refractivity contribution in [2.24, 2.45) is 0 Å². The monoisotopic (exact) mass is 298 g/mol. The molecule has 20 heavy (non-hydrogen) atoms. The first kappa shape index (κ1) is 16.9. The van der Waals surface area contributed by atoms with E-state index in [9.17, 15) is 4.79 Å². The van der Waals surface area contributed by atoms with Crippen LogP contribution in [0.2, 0.25) is 0 Å². The van der Waals surface area contributed by atoms with Crippen molar-refractivity contribution in [3.05, 3.63) is 23.0 Å². The minimum Gasteiger partial charge on any atom is -0.335 e. The van der Waals surface area contributed by atoms with Crippen molar-refractivity contribution in [1.29, 1.82) is 0 Å². The molecule has 0 saturated carbocycles. The Bertz CT molecular complexity index is 470. The molecule has 1 aliphatic heterocycles. The van der Waals surface area contributed by atoms with Gasteiger partial charge in [0.15, 0.2) is 0 Å². The van der Waals surface area contributed by atoms with Gasteiger partial charge in [-0.3, -0.25) is 4.79 Å². The molecule has 0 spiro atoms. The van der Waals surface area contributed by atoms with Crippen LogP contribution in [-0.2, 0) is 6.42 Å². The summed E-state index contributed by atoms with van der Waals surface area (Å²) in [5.41, 5.74) is 2.28. The van der Waals surface area contributed by atoms with Crippen molar-refractivity contribution in [3.8, 4) is 0 Å². The number of carbonyl (C=O) groups is 1. The van der Waals surface area contributed by atoms with E-state index in [1.807, 2.05) is 24.8 Å². The van der Waals surface area contributed by atoms with Gasteiger partial charge in [-0.25, -0.2) is 0 Å². The minimum atomic E-state index is 0. The molecular weight excluding hydrogens is 276 g/mol. The van der Waals surface area contributed by atoms with Gasteiger partial charge in [0.2, 0.25) is 0 Å². The second-order valence-corrected chi connectivity index (χ2v) is 5.38. The van der Waals surface area contributed by atoms with Crippen molar-refractivity contribution in [1.82, 2.24) is 20.4 Å². The number of aromatic nitrogens is 2. The van der Waals surface area contributed by atoms with Crippen molar-refractivity contribution in [2.45, 2.75) is 46.2 Å². The van der Waals surface area contributed by atoms with Gasteiger partial charge in [-0.05, 0) is 33.3 Å². The Morgan fingerprint density at radius 1 is 1.35 bits per heavy atom. The molecule has 2 heterocycles. The maximum Gasteiger partial charge on any atom is 0.255 e. The third kappa shape index (κ3) is 3.67. The highest BCUT2D eigenvalue weighted by Gasteiger charge is 2.27. The topological polar surface area (TPSA) is 58.1 Å². The molecule has 0 radical (unpaired) electrons. The average Bonchev–Trinajstić information content (AvgIpc) is 2.36. The van der Waals surface area contributed by atoms with Gasteiger partial charge in [0.05, 0.1) is 17.0 Å². The van der Waals surface area contributed by atoms with E-state index < -0.39 is 0 Å². The summed E-state index contributed by atoms with van der Waals surface area (Å²) < 4.78 is 0. The van der Waals surface area contributed by atoms with E-state index in [0.717, 1.165) is 30.9 Å². The van der Waals surface area contributed by atoms with E-state index in [4.69, 9.17) is 0 Å². The van der Waals surface area contributed by atoms with E-state index in [-0.39, 0.29) is 18.3 Å². The second-order valence-electron chi connectivity index (χ2n) is 5.38. The molecule has 2 atom stereocenters. The van der Waals surface area contributed by atoms with Gasteiger partial charge in [0, 0.05) is 25.2 Å². The van der Waals surface area contributed by atoms with Crippen LogP contribution in [0, 0.1) is 6.92 Å². The molecule has 1 aromatic rings. The van der Waals surface area contributed by atoms with Gasteiger partial charge < -0.3 is 10.2 Å². The summed E-state index contributed by atoms with van der Waals surface area (Å²) in [5, 5.41) is 11.6. The third-order valence-corrected chi connectivity index (χ3v) is 3.40. The summed E-state index contributed by atoms with van der Waals surface area (Å²) in [4.78, 5) is 14.6. The molecule has 1 saturated heterocycles. The lowest BCUT2D eigenvalue weighted by Gasteiger charge is -2.36. The molecule has 2 rings (SSSR count). The molecule has 1 fully saturated rings. The fourth-order valence-electron chi connectivity index (χ4n) is 2.62. The molecule has 0 aromatic carbocycles. The van der Waals surface area contributed by atoms with E-state index in [0.29, 0.717) is 17.6 Å². The van der Waals surface area contributed by atoms with Crippen molar-refractivity contribution in [3.63, 3.8) is 0 Å². The Kier molecular flexibility index (Phi) is 5.89. The molecule has 6 heteroatoms. The predicted octanol–water partition coefficient (Wildman–Crippen LogP) is 1.59. The number of hydrogen-bond donors (Lipinski definition) is 1. The first-order chi connectivity index (χ1) is 9.01. The molecular formula is C14H23ClN4O. The van der Waals surface area contributed by atoms with Crippen LogP contribution < -0.4 is 5.32 Å². The van der Waals surface area contributed by atoms with Gasteiger partial charge in [-0.15, -0.1) is 12.4 Å². The Labute approximate surface area is 126 Å². The highest BCUT2D eigenvalue weighted by molar-refractivity contribution is 5.95. The maximum atomic E-state index is 12.7. The number of hydrogen-bond acceptors (Lipinski definition) is 4. The first-order valence-electron chi connectivity index (χ1n) is 6.89. The Balaban J connectivity index is 0.00000200. The first-order valence-corrected chi connectivity index (χ1v) is 6.89. The maximum absolute atomic E-state index is 12.7. The van der Waals surface area contributed by atoms with Crippen LogP contribution in [0.3, 0.4) is 0 Å². The smallest absolute Gasteiger partial charge is 0.255 e. The van der Waals surface area contributed by atoms with E-state index >= 15 is 0 Å².